The molecule has 4 rings (SSSR count). The zero-order valence-electron chi connectivity index (χ0n) is 17.5. The van der Waals surface area contributed by atoms with Gasteiger partial charge in [-0.3, -0.25) is 4.79 Å². The maximum absolute atomic E-state index is 12.6. The van der Waals surface area contributed by atoms with Crippen molar-refractivity contribution in [3.05, 3.63) is 78.9 Å². The highest BCUT2D eigenvalue weighted by Gasteiger charge is 2.20. The van der Waals surface area contributed by atoms with E-state index in [4.69, 9.17) is 13.9 Å². The van der Waals surface area contributed by atoms with Crippen LogP contribution in [-0.2, 0) is 4.79 Å². The first-order valence-electron chi connectivity index (χ1n) is 9.90. The Kier molecular flexibility index (Phi) is 6.72. The van der Waals surface area contributed by atoms with Gasteiger partial charge >= 0.3 is 0 Å². The molecule has 1 heterocycles. The molecule has 0 aliphatic rings. The number of thioether (sulfide) groups is 1. The molecule has 7 nitrogen and oxygen atoms in total. The highest BCUT2D eigenvalue weighted by Crippen LogP contribution is 2.32. The minimum atomic E-state index is -0.443. The van der Waals surface area contributed by atoms with Crippen LogP contribution in [0.25, 0.3) is 11.5 Å². The van der Waals surface area contributed by atoms with Crippen molar-refractivity contribution in [3.8, 4) is 28.7 Å². The van der Waals surface area contributed by atoms with Gasteiger partial charge in [0, 0.05) is 5.69 Å². The van der Waals surface area contributed by atoms with Crippen LogP contribution in [0, 0.1) is 0 Å². The van der Waals surface area contributed by atoms with Crippen molar-refractivity contribution in [1.82, 2.24) is 10.2 Å². The highest BCUT2D eigenvalue weighted by atomic mass is 32.2. The standard InChI is InChI=1S/C24H21N3O4S/c1-16(32-24-27-26-23(31-24)20-10-6-7-11-21(20)29-2)22(28)25-17-12-14-19(15-13-17)30-18-8-4-3-5-9-18/h3-16H,1-2H3,(H,25,28)/t16-/m0/s1. The summed E-state index contributed by atoms with van der Waals surface area (Å²) in [4.78, 5) is 12.6. The summed E-state index contributed by atoms with van der Waals surface area (Å²) in [5, 5.41) is 10.9. The fraction of sp³-hybridized carbons (Fsp3) is 0.125. The van der Waals surface area contributed by atoms with Crippen LogP contribution < -0.4 is 14.8 Å². The zero-order chi connectivity index (χ0) is 22.3. The number of anilines is 1. The van der Waals surface area contributed by atoms with Crippen LogP contribution >= 0.6 is 11.8 Å². The highest BCUT2D eigenvalue weighted by molar-refractivity contribution is 8.00. The molecule has 0 bridgehead atoms. The van der Waals surface area contributed by atoms with Crippen LogP contribution in [0.4, 0.5) is 5.69 Å². The van der Waals surface area contributed by atoms with E-state index in [1.54, 1.807) is 38.3 Å². The Hall–Kier alpha value is -3.78. The second kappa shape index (κ2) is 10.0. The SMILES string of the molecule is COc1ccccc1-c1nnc(S[C@@H](C)C(=O)Nc2ccc(Oc3ccccc3)cc2)o1. The predicted molar refractivity (Wildman–Crippen MR) is 123 cm³/mol. The minimum absolute atomic E-state index is 0.177. The third-order valence-corrected chi connectivity index (χ3v) is 5.43. The van der Waals surface area contributed by atoms with Crippen LogP contribution in [0.2, 0.25) is 0 Å². The van der Waals surface area contributed by atoms with Crippen LogP contribution in [0.3, 0.4) is 0 Å². The number of rotatable bonds is 8. The molecule has 0 spiro atoms. The Labute approximate surface area is 189 Å². The van der Waals surface area contributed by atoms with Gasteiger partial charge < -0.3 is 19.2 Å². The van der Waals surface area contributed by atoms with Crippen LogP contribution in [0.5, 0.6) is 17.2 Å². The fourth-order valence-corrected chi connectivity index (χ4v) is 3.55. The molecule has 0 unspecified atom stereocenters. The van der Waals surface area contributed by atoms with Crippen LogP contribution in [-0.4, -0.2) is 28.5 Å². The number of benzene rings is 3. The third kappa shape index (κ3) is 5.28. The van der Waals surface area contributed by atoms with Crippen LogP contribution in [0.15, 0.2) is 88.5 Å². The average molecular weight is 448 g/mol. The number of nitrogens with one attached hydrogen (secondary N) is 1. The van der Waals surface area contributed by atoms with Crippen LogP contribution in [0.1, 0.15) is 6.92 Å². The molecule has 162 valence electrons. The molecular formula is C24H21N3O4S. The lowest BCUT2D eigenvalue weighted by atomic mass is 10.2. The molecule has 0 aliphatic carbocycles. The van der Waals surface area contributed by atoms with Gasteiger partial charge in [0.2, 0.25) is 5.91 Å². The molecule has 8 heteroatoms. The normalized spacial score (nSPS) is 11.6. The molecule has 1 N–H and O–H groups in total. The van der Waals surface area contributed by atoms with Crippen molar-refractivity contribution in [2.24, 2.45) is 0 Å². The molecule has 32 heavy (non-hydrogen) atoms. The molecular weight excluding hydrogens is 426 g/mol. The third-order valence-electron chi connectivity index (χ3n) is 4.49. The maximum Gasteiger partial charge on any atom is 0.277 e. The van der Waals surface area contributed by atoms with E-state index in [0.29, 0.717) is 33.9 Å². The van der Waals surface area contributed by atoms with E-state index in [0.717, 1.165) is 5.75 Å². The number of aromatic nitrogens is 2. The van der Waals surface area contributed by atoms with Crippen molar-refractivity contribution in [1.29, 1.82) is 0 Å². The van der Waals surface area contributed by atoms with E-state index in [1.807, 2.05) is 54.6 Å². The molecule has 0 fully saturated rings. The van der Waals surface area contributed by atoms with Gasteiger partial charge in [-0.1, -0.05) is 42.1 Å². The molecule has 0 saturated heterocycles. The lowest BCUT2D eigenvalue weighted by Crippen LogP contribution is -2.22. The molecule has 4 aromatic rings. The van der Waals surface area contributed by atoms with E-state index in [2.05, 4.69) is 15.5 Å². The van der Waals surface area contributed by atoms with Crippen molar-refractivity contribution < 1.29 is 18.7 Å². The Bertz CT molecular complexity index is 1180. The summed E-state index contributed by atoms with van der Waals surface area (Å²) < 4.78 is 16.8. The van der Waals surface area contributed by atoms with E-state index >= 15 is 0 Å². The largest absolute Gasteiger partial charge is 0.496 e. The average Bonchev–Trinajstić information content (AvgIpc) is 3.29. The number of carbonyl (C=O) groups excluding carboxylic acids is 1. The topological polar surface area (TPSA) is 86.5 Å². The quantitative estimate of drug-likeness (QED) is 0.349. The Morgan fingerprint density at radius 2 is 1.62 bits per heavy atom. The summed E-state index contributed by atoms with van der Waals surface area (Å²) in [6.45, 7) is 1.78. The monoisotopic (exact) mass is 447 g/mol. The van der Waals surface area contributed by atoms with Gasteiger partial charge in [-0.2, -0.15) is 0 Å². The van der Waals surface area contributed by atoms with Gasteiger partial charge in [0.15, 0.2) is 0 Å². The summed E-state index contributed by atoms with van der Waals surface area (Å²) >= 11 is 1.19. The smallest absolute Gasteiger partial charge is 0.277 e. The van der Waals surface area contributed by atoms with Gasteiger partial charge in [0.05, 0.1) is 17.9 Å². The number of methoxy groups -OCH3 is 1. The number of hydrogen-bond acceptors (Lipinski definition) is 7. The number of ether oxygens (including phenoxy) is 2. The summed E-state index contributed by atoms with van der Waals surface area (Å²) in [6.07, 6.45) is 0. The summed E-state index contributed by atoms with van der Waals surface area (Å²) in [6, 6.07) is 24.1. The predicted octanol–water partition coefficient (Wildman–Crippen LogP) is 5.66. The summed E-state index contributed by atoms with van der Waals surface area (Å²) in [7, 11) is 1.58. The Morgan fingerprint density at radius 1 is 0.938 bits per heavy atom. The van der Waals surface area contributed by atoms with Gasteiger partial charge in [-0.25, -0.2) is 0 Å². The number of nitrogens with zero attached hydrogens (tertiary/aromatic N) is 2. The molecule has 0 saturated carbocycles. The van der Waals surface area contributed by atoms with E-state index in [-0.39, 0.29) is 5.91 Å². The summed E-state index contributed by atoms with van der Waals surface area (Å²) in [5.74, 6) is 2.24. The van der Waals surface area contributed by atoms with Gasteiger partial charge in [-0.05, 0) is 55.5 Å². The molecule has 1 aromatic heterocycles. The molecule has 1 amide bonds. The summed E-state index contributed by atoms with van der Waals surface area (Å²) in [5.41, 5.74) is 1.37. The van der Waals surface area contributed by atoms with Gasteiger partial charge in [0.1, 0.15) is 17.2 Å². The van der Waals surface area contributed by atoms with Crippen molar-refractivity contribution >= 4 is 23.4 Å². The maximum atomic E-state index is 12.6. The number of amides is 1. The zero-order valence-corrected chi connectivity index (χ0v) is 18.3. The number of carbonyl (C=O) groups is 1. The van der Waals surface area contributed by atoms with E-state index in [9.17, 15) is 4.79 Å². The Morgan fingerprint density at radius 3 is 2.38 bits per heavy atom. The van der Waals surface area contributed by atoms with E-state index in [1.165, 1.54) is 11.8 Å². The second-order valence-electron chi connectivity index (χ2n) is 6.76. The molecule has 3 aromatic carbocycles. The minimum Gasteiger partial charge on any atom is -0.496 e. The molecule has 1 atom stereocenters. The first kappa shape index (κ1) is 21.5. The van der Waals surface area contributed by atoms with E-state index < -0.39 is 5.25 Å². The Balaban J connectivity index is 1.35. The first-order chi connectivity index (χ1) is 15.6. The van der Waals surface area contributed by atoms with Gasteiger partial charge in [0.25, 0.3) is 11.1 Å². The van der Waals surface area contributed by atoms with Crippen molar-refractivity contribution in [2.75, 3.05) is 12.4 Å². The lowest BCUT2D eigenvalue weighted by Gasteiger charge is -2.11. The number of para-hydroxylation sites is 2. The van der Waals surface area contributed by atoms with Crippen molar-refractivity contribution in [3.63, 3.8) is 0 Å². The van der Waals surface area contributed by atoms with Crippen molar-refractivity contribution in [2.45, 2.75) is 17.4 Å². The fourth-order valence-electron chi connectivity index (χ4n) is 2.87. The molecule has 0 radical (unpaired) electrons. The first-order valence-corrected chi connectivity index (χ1v) is 10.8. The second-order valence-corrected chi connectivity index (χ2v) is 8.05. The lowest BCUT2D eigenvalue weighted by molar-refractivity contribution is -0.115. The number of hydrogen-bond donors (Lipinski definition) is 1. The molecule has 0 aliphatic heterocycles. The van der Waals surface area contributed by atoms with Gasteiger partial charge in [-0.15, -0.1) is 10.2 Å².